The number of hydrogen-bond acceptors (Lipinski definition) is 6. The van der Waals surface area contributed by atoms with E-state index >= 15 is 0 Å². The molecule has 1 saturated heterocycles. The van der Waals surface area contributed by atoms with Crippen molar-refractivity contribution in [2.24, 2.45) is 0 Å². The lowest BCUT2D eigenvalue weighted by Crippen LogP contribution is -2.46. The van der Waals surface area contributed by atoms with Crippen molar-refractivity contribution in [2.75, 3.05) is 37.0 Å². The van der Waals surface area contributed by atoms with Crippen molar-refractivity contribution in [3.8, 4) is 11.3 Å². The number of nitrogens with one attached hydrogen (secondary N) is 2. The quantitative estimate of drug-likeness (QED) is 0.572. The van der Waals surface area contributed by atoms with Crippen LogP contribution in [0.1, 0.15) is 47.3 Å². The number of anilines is 2. The second kappa shape index (κ2) is 9.62. The first-order valence-corrected chi connectivity index (χ1v) is 12.1. The van der Waals surface area contributed by atoms with Gasteiger partial charge in [0.2, 0.25) is 5.95 Å². The Morgan fingerprint density at radius 1 is 1.11 bits per heavy atom. The Balaban J connectivity index is 1.63. The van der Waals surface area contributed by atoms with Crippen molar-refractivity contribution in [1.82, 2.24) is 20.2 Å². The van der Waals surface area contributed by atoms with Crippen LogP contribution in [0.25, 0.3) is 11.3 Å². The van der Waals surface area contributed by atoms with Gasteiger partial charge in [-0.05, 0) is 76.2 Å². The largest absolute Gasteiger partial charge is 0.351 e. The third kappa shape index (κ3) is 4.71. The van der Waals surface area contributed by atoms with Crippen LogP contribution in [-0.2, 0) is 0 Å². The first-order valence-electron chi connectivity index (χ1n) is 12.1. The Hall–Kier alpha value is -3.52. The van der Waals surface area contributed by atoms with Gasteiger partial charge in [0.05, 0.1) is 18.4 Å². The lowest BCUT2D eigenvalue weighted by atomic mass is 9.98. The number of piperidine rings is 1. The Morgan fingerprint density at radius 2 is 1.86 bits per heavy atom. The van der Waals surface area contributed by atoms with Crippen molar-refractivity contribution >= 4 is 17.7 Å². The first kappa shape index (κ1) is 23.2. The summed E-state index contributed by atoms with van der Waals surface area (Å²) < 4.78 is 13.9. The van der Waals surface area contributed by atoms with Crippen LogP contribution in [-0.4, -0.2) is 53.6 Å². The molecule has 1 amide bonds. The molecule has 3 aromatic rings. The summed E-state index contributed by atoms with van der Waals surface area (Å²) in [5.74, 6) is 0.551. The van der Waals surface area contributed by atoms with Gasteiger partial charge in [-0.15, -0.1) is 0 Å². The molecule has 2 aliphatic heterocycles. The molecule has 182 valence electrons. The van der Waals surface area contributed by atoms with Crippen LogP contribution in [0.3, 0.4) is 0 Å². The van der Waals surface area contributed by atoms with Gasteiger partial charge in [-0.3, -0.25) is 4.79 Å². The van der Waals surface area contributed by atoms with E-state index in [1.165, 1.54) is 12.1 Å². The van der Waals surface area contributed by atoms with E-state index < -0.39 is 0 Å². The summed E-state index contributed by atoms with van der Waals surface area (Å²) in [6.07, 6.45) is 1.99. The number of carbonyl (C=O) groups is 1. The summed E-state index contributed by atoms with van der Waals surface area (Å²) >= 11 is 0. The number of hydrogen-bond donors (Lipinski definition) is 2. The molecular formula is C27H31FN6O. The van der Waals surface area contributed by atoms with Gasteiger partial charge < -0.3 is 20.4 Å². The molecule has 0 saturated carbocycles. The molecule has 35 heavy (non-hydrogen) atoms. The van der Waals surface area contributed by atoms with Crippen molar-refractivity contribution < 1.29 is 9.18 Å². The molecule has 2 aromatic carbocycles. The molecule has 0 bridgehead atoms. The minimum atomic E-state index is -0.317. The third-order valence-electron chi connectivity index (χ3n) is 7.04. The van der Waals surface area contributed by atoms with Gasteiger partial charge >= 0.3 is 0 Å². The van der Waals surface area contributed by atoms with E-state index in [0.29, 0.717) is 29.7 Å². The molecule has 0 spiro atoms. The molecule has 2 aliphatic rings. The van der Waals surface area contributed by atoms with Crippen LogP contribution in [0.15, 0.2) is 48.5 Å². The fourth-order valence-electron chi connectivity index (χ4n) is 4.91. The Kier molecular flexibility index (Phi) is 6.38. The van der Waals surface area contributed by atoms with E-state index in [1.807, 2.05) is 25.1 Å². The standard InChI is InChI=1S/C27H31FN6O/c1-17-15-20(28)9-10-22(17)24-23-25(32-27(31-24)30-21-11-13-33(3)14-12-21)34(16-29-26(23)35)18(2)19-7-5-4-6-8-19/h4-10,15,18,21H,11-14,16H2,1-3H3,(H,29,35)(H,30,31,32)/t18-/m0/s1. The average molecular weight is 475 g/mol. The van der Waals surface area contributed by atoms with Gasteiger partial charge in [0.25, 0.3) is 5.91 Å². The zero-order valence-corrected chi connectivity index (χ0v) is 20.4. The predicted octanol–water partition coefficient (Wildman–Crippen LogP) is 4.37. The number of nitrogens with zero attached hydrogens (tertiary/aromatic N) is 4. The van der Waals surface area contributed by atoms with Crippen LogP contribution in [0.5, 0.6) is 0 Å². The highest BCUT2D eigenvalue weighted by Gasteiger charge is 2.33. The van der Waals surface area contributed by atoms with E-state index in [1.54, 1.807) is 6.07 Å². The summed E-state index contributed by atoms with van der Waals surface area (Å²) in [5, 5.41) is 6.52. The number of fused-ring (bicyclic) bond motifs is 1. The number of amides is 1. The highest BCUT2D eigenvalue weighted by Crippen LogP contribution is 2.37. The van der Waals surface area contributed by atoms with Gasteiger partial charge in [-0.2, -0.15) is 4.98 Å². The highest BCUT2D eigenvalue weighted by molar-refractivity contribution is 6.06. The maximum Gasteiger partial charge on any atom is 0.258 e. The van der Waals surface area contributed by atoms with Crippen LogP contribution < -0.4 is 15.5 Å². The van der Waals surface area contributed by atoms with E-state index in [0.717, 1.165) is 42.6 Å². The number of halogens is 1. The zero-order chi connectivity index (χ0) is 24.5. The van der Waals surface area contributed by atoms with Gasteiger partial charge in [-0.1, -0.05) is 30.3 Å². The minimum Gasteiger partial charge on any atom is -0.351 e. The molecule has 1 aromatic heterocycles. The molecule has 7 nitrogen and oxygen atoms in total. The molecule has 3 heterocycles. The minimum absolute atomic E-state index is 0.0243. The molecule has 0 radical (unpaired) electrons. The molecule has 2 N–H and O–H groups in total. The molecule has 8 heteroatoms. The SMILES string of the molecule is Cc1cc(F)ccc1-c1nc(NC2CCN(C)CC2)nc2c1C(=O)NCN2[C@@H](C)c1ccccc1. The zero-order valence-electron chi connectivity index (χ0n) is 20.4. The average Bonchev–Trinajstić information content (AvgIpc) is 2.85. The summed E-state index contributed by atoms with van der Waals surface area (Å²) in [6.45, 7) is 6.29. The lowest BCUT2D eigenvalue weighted by Gasteiger charge is -2.36. The summed E-state index contributed by atoms with van der Waals surface area (Å²) in [6, 6.07) is 15.0. The number of aryl methyl sites for hydroxylation is 1. The summed E-state index contributed by atoms with van der Waals surface area (Å²) in [4.78, 5) is 27.3. The molecule has 0 aliphatic carbocycles. The Labute approximate surface area is 205 Å². The molecule has 1 fully saturated rings. The van der Waals surface area contributed by atoms with Crippen molar-refractivity contribution in [2.45, 2.75) is 38.8 Å². The third-order valence-corrected chi connectivity index (χ3v) is 7.04. The number of likely N-dealkylation sites (tertiary alicyclic amines) is 1. The van der Waals surface area contributed by atoms with E-state index in [-0.39, 0.29) is 23.8 Å². The Morgan fingerprint density at radius 3 is 2.57 bits per heavy atom. The van der Waals surface area contributed by atoms with Crippen LogP contribution in [0, 0.1) is 12.7 Å². The van der Waals surface area contributed by atoms with Gasteiger partial charge in [0, 0.05) is 11.6 Å². The number of benzene rings is 2. The predicted molar refractivity (Wildman–Crippen MR) is 136 cm³/mol. The highest BCUT2D eigenvalue weighted by atomic mass is 19.1. The summed E-state index contributed by atoms with van der Waals surface area (Å²) in [5.41, 5.74) is 3.50. The van der Waals surface area contributed by atoms with Crippen molar-refractivity contribution in [1.29, 1.82) is 0 Å². The second-order valence-electron chi connectivity index (χ2n) is 9.50. The fourth-order valence-corrected chi connectivity index (χ4v) is 4.91. The molecule has 1 atom stereocenters. The molecule has 0 unspecified atom stereocenters. The van der Waals surface area contributed by atoms with E-state index in [2.05, 4.69) is 46.5 Å². The topological polar surface area (TPSA) is 73.4 Å². The molecular weight excluding hydrogens is 443 g/mol. The summed E-state index contributed by atoms with van der Waals surface area (Å²) in [7, 11) is 2.13. The normalized spacial score (nSPS) is 17.6. The van der Waals surface area contributed by atoms with Crippen molar-refractivity contribution in [3.63, 3.8) is 0 Å². The van der Waals surface area contributed by atoms with Crippen LogP contribution in [0.2, 0.25) is 0 Å². The second-order valence-corrected chi connectivity index (χ2v) is 9.50. The smallest absolute Gasteiger partial charge is 0.258 e. The first-order chi connectivity index (χ1) is 16.9. The fraction of sp³-hybridized carbons (Fsp3) is 0.370. The molecule has 5 rings (SSSR count). The Bertz CT molecular complexity index is 1230. The van der Waals surface area contributed by atoms with E-state index in [9.17, 15) is 9.18 Å². The number of carbonyl (C=O) groups excluding carboxylic acids is 1. The van der Waals surface area contributed by atoms with E-state index in [4.69, 9.17) is 9.97 Å². The lowest BCUT2D eigenvalue weighted by molar-refractivity contribution is 0.0946. The maximum absolute atomic E-state index is 13.9. The number of aromatic nitrogens is 2. The van der Waals surface area contributed by atoms with Crippen LogP contribution in [0.4, 0.5) is 16.2 Å². The van der Waals surface area contributed by atoms with Crippen LogP contribution >= 0.6 is 0 Å². The maximum atomic E-state index is 13.9. The van der Waals surface area contributed by atoms with Gasteiger partial charge in [-0.25, -0.2) is 9.37 Å². The van der Waals surface area contributed by atoms with Crippen molar-refractivity contribution in [3.05, 3.63) is 71.0 Å². The van der Waals surface area contributed by atoms with Gasteiger partial charge in [0.15, 0.2) is 0 Å². The van der Waals surface area contributed by atoms with Gasteiger partial charge in [0.1, 0.15) is 17.2 Å². The number of rotatable bonds is 5. The monoisotopic (exact) mass is 474 g/mol.